The van der Waals surface area contributed by atoms with Gasteiger partial charge in [-0.2, -0.15) is 0 Å². The van der Waals surface area contributed by atoms with Crippen molar-refractivity contribution in [2.75, 3.05) is 20.8 Å². The number of ether oxygens (including phenoxy) is 2. The molecule has 0 unspecified atom stereocenters. The second-order valence-electron chi connectivity index (χ2n) is 6.41. The average Bonchev–Trinajstić information content (AvgIpc) is 2.73. The molecule has 0 fully saturated rings. The van der Waals surface area contributed by atoms with Crippen LogP contribution < -0.4 is 20.1 Å². The molecule has 2 N–H and O–H groups in total. The van der Waals surface area contributed by atoms with Gasteiger partial charge in [0, 0.05) is 25.9 Å². The predicted octanol–water partition coefficient (Wildman–Crippen LogP) is 2.85. The summed E-state index contributed by atoms with van der Waals surface area (Å²) in [6.07, 6.45) is 1.91. The lowest BCUT2D eigenvalue weighted by Crippen LogP contribution is -2.26. The standard InChI is InChI=1S/C22H28N2O4/c1-27-19-12-11-17(15-20(19)28-2)13-14-23-21(25)9-6-10-22(26)24-16-18-7-4-3-5-8-18/h3-5,7-8,11-12,15H,6,9-10,13-14,16H2,1-2H3,(H,23,25)(H,24,26). The minimum Gasteiger partial charge on any atom is -0.493 e. The Bertz CT molecular complexity index is 762. The lowest BCUT2D eigenvalue weighted by atomic mass is 10.1. The molecule has 0 aliphatic carbocycles. The molecule has 0 saturated heterocycles. The van der Waals surface area contributed by atoms with Gasteiger partial charge < -0.3 is 20.1 Å². The highest BCUT2D eigenvalue weighted by molar-refractivity contribution is 5.78. The first-order valence-corrected chi connectivity index (χ1v) is 9.40. The van der Waals surface area contributed by atoms with E-state index in [2.05, 4.69) is 10.6 Å². The van der Waals surface area contributed by atoms with Crippen molar-refractivity contribution in [3.05, 3.63) is 59.7 Å². The maximum Gasteiger partial charge on any atom is 0.220 e. The van der Waals surface area contributed by atoms with Gasteiger partial charge in [0.1, 0.15) is 0 Å². The normalized spacial score (nSPS) is 10.2. The monoisotopic (exact) mass is 384 g/mol. The summed E-state index contributed by atoms with van der Waals surface area (Å²) in [6, 6.07) is 15.5. The Morgan fingerprint density at radius 3 is 2.18 bits per heavy atom. The van der Waals surface area contributed by atoms with Crippen LogP contribution in [0.1, 0.15) is 30.4 Å². The molecule has 2 aromatic carbocycles. The van der Waals surface area contributed by atoms with Gasteiger partial charge in [0.25, 0.3) is 0 Å². The summed E-state index contributed by atoms with van der Waals surface area (Å²) in [5.74, 6) is 1.27. The Kier molecular flexibility index (Phi) is 8.85. The average molecular weight is 384 g/mol. The molecular formula is C22H28N2O4. The first kappa shape index (κ1) is 21.3. The summed E-state index contributed by atoms with van der Waals surface area (Å²) in [6.45, 7) is 1.05. The highest BCUT2D eigenvalue weighted by Gasteiger charge is 2.07. The van der Waals surface area contributed by atoms with Gasteiger partial charge in [0.05, 0.1) is 14.2 Å². The topological polar surface area (TPSA) is 76.7 Å². The van der Waals surface area contributed by atoms with E-state index < -0.39 is 0 Å². The van der Waals surface area contributed by atoms with E-state index in [9.17, 15) is 9.59 Å². The van der Waals surface area contributed by atoms with E-state index in [4.69, 9.17) is 9.47 Å². The number of nitrogens with one attached hydrogen (secondary N) is 2. The molecule has 2 rings (SSSR count). The molecule has 0 saturated carbocycles. The van der Waals surface area contributed by atoms with Crippen molar-refractivity contribution in [1.29, 1.82) is 0 Å². The molecule has 0 heterocycles. The molecule has 0 aliphatic rings. The number of amides is 2. The van der Waals surface area contributed by atoms with Crippen molar-refractivity contribution in [2.45, 2.75) is 32.2 Å². The molecule has 2 aromatic rings. The van der Waals surface area contributed by atoms with E-state index in [1.807, 2.05) is 48.5 Å². The molecule has 6 nitrogen and oxygen atoms in total. The number of carbonyl (C=O) groups is 2. The SMILES string of the molecule is COc1ccc(CCNC(=O)CCCC(=O)NCc2ccccc2)cc1OC. The third-order valence-electron chi connectivity index (χ3n) is 4.32. The summed E-state index contributed by atoms with van der Waals surface area (Å²) in [7, 11) is 3.19. The predicted molar refractivity (Wildman–Crippen MR) is 108 cm³/mol. The molecule has 0 atom stereocenters. The Morgan fingerprint density at radius 2 is 1.50 bits per heavy atom. The lowest BCUT2D eigenvalue weighted by molar-refractivity contribution is -0.122. The zero-order valence-corrected chi connectivity index (χ0v) is 16.5. The van der Waals surface area contributed by atoms with Gasteiger partial charge in [-0.1, -0.05) is 36.4 Å². The fraction of sp³-hybridized carbons (Fsp3) is 0.364. The second-order valence-corrected chi connectivity index (χ2v) is 6.41. The summed E-state index contributed by atoms with van der Waals surface area (Å²) >= 11 is 0. The van der Waals surface area contributed by atoms with Crippen molar-refractivity contribution in [3.8, 4) is 11.5 Å². The maximum absolute atomic E-state index is 11.9. The van der Waals surface area contributed by atoms with Crippen LogP contribution in [-0.2, 0) is 22.6 Å². The number of hydrogen-bond acceptors (Lipinski definition) is 4. The van der Waals surface area contributed by atoms with Crippen molar-refractivity contribution < 1.29 is 19.1 Å². The smallest absolute Gasteiger partial charge is 0.220 e. The van der Waals surface area contributed by atoms with Crippen molar-refractivity contribution in [3.63, 3.8) is 0 Å². The van der Waals surface area contributed by atoms with Crippen LogP contribution in [-0.4, -0.2) is 32.6 Å². The summed E-state index contributed by atoms with van der Waals surface area (Å²) < 4.78 is 10.5. The molecule has 0 aromatic heterocycles. The molecule has 0 radical (unpaired) electrons. The van der Waals surface area contributed by atoms with Crippen LogP contribution >= 0.6 is 0 Å². The highest BCUT2D eigenvalue weighted by Crippen LogP contribution is 2.27. The van der Waals surface area contributed by atoms with Crippen molar-refractivity contribution >= 4 is 11.8 Å². The fourth-order valence-electron chi connectivity index (χ4n) is 2.77. The van der Waals surface area contributed by atoms with Crippen LogP contribution in [0.15, 0.2) is 48.5 Å². The van der Waals surface area contributed by atoms with E-state index >= 15 is 0 Å². The first-order chi connectivity index (χ1) is 13.6. The zero-order chi connectivity index (χ0) is 20.2. The minimum absolute atomic E-state index is 0.0398. The largest absolute Gasteiger partial charge is 0.493 e. The molecule has 28 heavy (non-hydrogen) atoms. The van der Waals surface area contributed by atoms with Crippen LogP contribution in [0.3, 0.4) is 0 Å². The zero-order valence-electron chi connectivity index (χ0n) is 16.5. The van der Waals surface area contributed by atoms with Gasteiger partial charge in [-0.05, 0) is 36.1 Å². The molecule has 0 spiro atoms. The van der Waals surface area contributed by atoms with Gasteiger partial charge in [-0.25, -0.2) is 0 Å². The Morgan fingerprint density at radius 1 is 0.821 bits per heavy atom. The third kappa shape index (κ3) is 7.31. The Balaban J connectivity index is 1.60. The molecule has 6 heteroatoms. The van der Waals surface area contributed by atoms with E-state index in [-0.39, 0.29) is 11.8 Å². The van der Waals surface area contributed by atoms with Crippen LogP contribution in [0.2, 0.25) is 0 Å². The number of carbonyl (C=O) groups excluding carboxylic acids is 2. The van der Waals surface area contributed by atoms with Gasteiger partial charge in [0.15, 0.2) is 11.5 Å². The molecule has 2 amide bonds. The minimum atomic E-state index is -0.0451. The highest BCUT2D eigenvalue weighted by atomic mass is 16.5. The number of methoxy groups -OCH3 is 2. The van der Waals surface area contributed by atoms with Crippen LogP contribution in [0.25, 0.3) is 0 Å². The Labute approximate surface area is 166 Å². The summed E-state index contributed by atoms with van der Waals surface area (Å²) in [4.78, 5) is 23.8. The molecular weight excluding hydrogens is 356 g/mol. The lowest BCUT2D eigenvalue weighted by Gasteiger charge is -2.10. The van der Waals surface area contributed by atoms with Gasteiger partial charge in [-0.15, -0.1) is 0 Å². The van der Waals surface area contributed by atoms with Gasteiger partial charge in [-0.3, -0.25) is 9.59 Å². The van der Waals surface area contributed by atoms with Crippen molar-refractivity contribution in [2.24, 2.45) is 0 Å². The third-order valence-corrected chi connectivity index (χ3v) is 4.32. The number of benzene rings is 2. The molecule has 0 aliphatic heterocycles. The molecule has 0 bridgehead atoms. The van der Waals surface area contributed by atoms with Crippen LogP contribution in [0.5, 0.6) is 11.5 Å². The summed E-state index contributed by atoms with van der Waals surface area (Å²) in [5.41, 5.74) is 2.11. The van der Waals surface area contributed by atoms with E-state index in [1.165, 1.54) is 0 Å². The second kappa shape index (κ2) is 11.6. The van der Waals surface area contributed by atoms with E-state index in [0.29, 0.717) is 50.3 Å². The van der Waals surface area contributed by atoms with Gasteiger partial charge >= 0.3 is 0 Å². The first-order valence-electron chi connectivity index (χ1n) is 9.40. The van der Waals surface area contributed by atoms with Crippen LogP contribution in [0, 0.1) is 0 Å². The summed E-state index contributed by atoms with van der Waals surface area (Å²) in [5, 5.41) is 5.75. The maximum atomic E-state index is 11.9. The Hall–Kier alpha value is -3.02. The quantitative estimate of drug-likeness (QED) is 0.625. The van der Waals surface area contributed by atoms with Crippen LogP contribution in [0.4, 0.5) is 0 Å². The van der Waals surface area contributed by atoms with Crippen molar-refractivity contribution in [1.82, 2.24) is 10.6 Å². The molecule has 150 valence electrons. The van der Waals surface area contributed by atoms with E-state index in [0.717, 1.165) is 11.1 Å². The number of rotatable bonds is 11. The fourth-order valence-corrected chi connectivity index (χ4v) is 2.77. The van der Waals surface area contributed by atoms with Gasteiger partial charge in [0.2, 0.25) is 11.8 Å². The number of hydrogen-bond donors (Lipinski definition) is 2. The van der Waals surface area contributed by atoms with E-state index in [1.54, 1.807) is 14.2 Å².